The van der Waals surface area contributed by atoms with Crippen LogP contribution in [0.15, 0.2) is 30.3 Å². The molecule has 0 radical (unpaired) electrons. The molecule has 0 saturated carbocycles. The lowest BCUT2D eigenvalue weighted by molar-refractivity contribution is -0.0176. The van der Waals surface area contributed by atoms with Crippen LogP contribution in [0.5, 0.6) is 0 Å². The van der Waals surface area contributed by atoms with E-state index in [0.717, 1.165) is 19.6 Å². The first-order valence-corrected chi connectivity index (χ1v) is 8.44. The third-order valence-electron chi connectivity index (χ3n) is 4.81. The van der Waals surface area contributed by atoms with Gasteiger partial charge in [-0.15, -0.1) is 0 Å². The van der Waals surface area contributed by atoms with E-state index in [0.29, 0.717) is 18.2 Å². The number of benzene rings is 1. The molecule has 1 aromatic rings. The lowest BCUT2D eigenvalue weighted by Crippen LogP contribution is -2.46. The molecule has 3 atom stereocenters. The van der Waals surface area contributed by atoms with Gasteiger partial charge in [0.05, 0.1) is 6.10 Å². The Morgan fingerprint density at radius 1 is 1.29 bits per heavy atom. The van der Waals surface area contributed by atoms with Gasteiger partial charge in [-0.05, 0) is 51.3 Å². The fourth-order valence-electron chi connectivity index (χ4n) is 3.70. The molecule has 2 heterocycles. The Hall–Kier alpha value is -0.900. The molecule has 3 nitrogen and oxygen atoms in total. The van der Waals surface area contributed by atoms with Gasteiger partial charge in [0.2, 0.25) is 0 Å². The van der Waals surface area contributed by atoms with E-state index in [4.69, 9.17) is 4.74 Å². The largest absolute Gasteiger partial charge is 0.378 e. The Kier molecular flexibility index (Phi) is 5.28. The molecule has 2 aliphatic rings. The Bertz CT molecular complexity index is 422. The highest BCUT2D eigenvalue weighted by Crippen LogP contribution is 2.21. The molecular formula is C18H28N2O. The van der Waals surface area contributed by atoms with Crippen molar-refractivity contribution in [3.8, 4) is 0 Å². The summed E-state index contributed by atoms with van der Waals surface area (Å²) >= 11 is 0. The van der Waals surface area contributed by atoms with Crippen molar-refractivity contribution >= 4 is 0 Å². The number of nitrogens with one attached hydrogen (secondary N) is 1. The van der Waals surface area contributed by atoms with Crippen LogP contribution in [0.4, 0.5) is 0 Å². The SMILES string of the molecule is CC1CC(N2CCCNC(Cc3ccccc3)C2)CCO1. The van der Waals surface area contributed by atoms with E-state index < -0.39 is 0 Å². The summed E-state index contributed by atoms with van der Waals surface area (Å²) in [7, 11) is 0. The van der Waals surface area contributed by atoms with E-state index in [1.165, 1.54) is 37.9 Å². The van der Waals surface area contributed by atoms with Crippen molar-refractivity contribution < 1.29 is 4.74 Å². The van der Waals surface area contributed by atoms with Crippen LogP contribution in [-0.4, -0.2) is 49.3 Å². The Labute approximate surface area is 128 Å². The molecule has 2 saturated heterocycles. The molecule has 3 unspecified atom stereocenters. The zero-order chi connectivity index (χ0) is 14.5. The topological polar surface area (TPSA) is 24.5 Å². The summed E-state index contributed by atoms with van der Waals surface area (Å²) in [5, 5.41) is 3.74. The minimum absolute atomic E-state index is 0.424. The Morgan fingerprint density at radius 3 is 2.95 bits per heavy atom. The molecule has 0 aromatic heterocycles. The Morgan fingerprint density at radius 2 is 2.14 bits per heavy atom. The second kappa shape index (κ2) is 7.39. The van der Waals surface area contributed by atoms with E-state index in [1.807, 2.05) is 0 Å². The summed E-state index contributed by atoms with van der Waals surface area (Å²) in [6.07, 6.45) is 5.21. The van der Waals surface area contributed by atoms with Gasteiger partial charge in [0.25, 0.3) is 0 Å². The predicted molar refractivity (Wildman–Crippen MR) is 86.6 cm³/mol. The van der Waals surface area contributed by atoms with Crippen LogP contribution in [0.2, 0.25) is 0 Å². The van der Waals surface area contributed by atoms with Gasteiger partial charge in [-0.2, -0.15) is 0 Å². The average Bonchev–Trinajstić information content (AvgIpc) is 2.74. The maximum Gasteiger partial charge on any atom is 0.0561 e. The van der Waals surface area contributed by atoms with Crippen LogP contribution in [0, 0.1) is 0 Å². The second-order valence-electron chi connectivity index (χ2n) is 6.55. The zero-order valence-electron chi connectivity index (χ0n) is 13.1. The molecule has 3 heteroatoms. The Balaban J connectivity index is 1.60. The third-order valence-corrected chi connectivity index (χ3v) is 4.81. The standard InChI is InChI=1S/C18H28N2O/c1-15-12-18(8-11-21-15)20-10-5-9-19-17(14-20)13-16-6-3-2-4-7-16/h2-4,6-7,15,17-19H,5,8-14H2,1H3. The van der Waals surface area contributed by atoms with Crippen LogP contribution in [-0.2, 0) is 11.2 Å². The van der Waals surface area contributed by atoms with Crippen molar-refractivity contribution in [3.63, 3.8) is 0 Å². The van der Waals surface area contributed by atoms with Crippen LogP contribution in [0.1, 0.15) is 31.7 Å². The first-order valence-electron chi connectivity index (χ1n) is 8.44. The van der Waals surface area contributed by atoms with Gasteiger partial charge in [0.1, 0.15) is 0 Å². The maximum atomic E-state index is 5.71. The monoisotopic (exact) mass is 288 g/mol. The van der Waals surface area contributed by atoms with Crippen LogP contribution in [0.3, 0.4) is 0 Å². The number of hydrogen-bond donors (Lipinski definition) is 1. The summed E-state index contributed by atoms with van der Waals surface area (Å²) in [5.74, 6) is 0. The average molecular weight is 288 g/mol. The van der Waals surface area contributed by atoms with E-state index in [2.05, 4.69) is 47.5 Å². The second-order valence-corrected chi connectivity index (χ2v) is 6.55. The van der Waals surface area contributed by atoms with Gasteiger partial charge in [-0.3, -0.25) is 4.90 Å². The number of hydrogen-bond acceptors (Lipinski definition) is 3. The molecule has 0 spiro atoms. The fraction of sp³-hybridized carbons (Fsp3) is 0.667. The first-order chi connectivity index (χ1) is 10.3. The smallest absolute Gasteiger partial charge is 0.0561 e. The van der Waals surface area contributed by atoms with Gasteiger partial charge in [-0.25, -0.2) is 0 Å². The van der Waals surface area contributed by atoms with Gasteiger partial charge in [-0.1, -0.05) is 30.3 Å². The van der Waals surface area contributed by atoms with E-state index in [1.54, 1.807) is 0 Å². The summed E-state index contributed by atoms with van der Waals surface area (Å²) in [4.78, 5) is 2.71. The molecule has 2 aliphatic heterocycles. The van der Waals surface area contributed by atoms with Crippen LogP contribution < -0.4 is 5.32 Å². The van der Waals surface area contributed by atoms with Crippen molar-refractivity contribution in [1.29, 1.82) is 0 Å². The lowest BCUT2D eigenvalue weighted by atomic mass is 10.0. The molecule has 3 rings (SSSR count). The summed E-state index contributed by atoms with van der Waals surface area (Å²) in [6, 6.07) is 12.2. The maximum absolute atomic E-state index is 5.71. The molecule has 0 amide bonds. The van der Waals surface area contributed by atoms with Gasteiger partial charge in [0, 0.05) is 25.2 Å². The zero-order valence-corrected chi connectivity index (χ0v) is 13.1. The minimum atomic E-state index is 0.424. The van der Waals surface area contributed by atoms with E-state index in [-0.39, 0.29) is 0 Å². The molecule has 0 bridgehead atoms. The fourth-order valence-corrected chi connectivity index (χ4v) is 3.70. The normalized spacial score (nSPS) is 31.8. The quantitative estimate of drug-likeness (QED) is 0.924. The number of ether oxygens (including phenoxy) is 1. The van der Waals surface area contributed by atoms with Crippen molar-refractivity contribution in [2.45, 2.75) is 50.8 Å². The molecule has 116 valence electrons. The number of nitrogens with zero attached hydrogens (tertiary/aromatic N) is 1. The molecule has 2 fully saturated rings. The summed E-state index contributed by atoms with van der Waals surface area (Å²) in [5.41, 5.74) is 1.44. The molecule has 0 aliphatic carbocycles. The van der Waals surface area contributed by atoms with Crippen LogP contribution >= 0.6 is 0 Å². The van der Waals surface area contributed by atoms with Gasteiger partial charge >= 0.3 is 0 Å². The highest BCUT2D eigenvalue weighted by Gasteiger charge is 2.28. The summed E-state index contributed by atoms with van der Waals surface area (Å²) < 4.78 is 5.71. The van der Waals surface area contributed by atoms with Crippen molar-refractivity contribution in [1.82, 2.24) is 10.2 Å². The molecular weight excluding hydrogens is 260 g/mol. The molecule has 1 aromatic carbocycles. The van der Waals surface area contributed by atoms with Gasteiger partial charge in [0.15, 0.2) is 0 Å². The summed E-state index contributed by atoms with van der Waals surface area (Å²) in [6.45, 7) is 6.69. The molecule has 1 N–H and O–H groups in total. The first kappa shape index (κ1) is 15.0. The van der Waals surface area contributed by atoms with E-state index >= 15 is 0 Å². The van der Waals surface area contributed by atoms with Crippen molar-refractivity contribution in [2.75, 3.05) is 26.2 Å². The van der Waals surface area contributed by atoms with Crippen molar-refractivity contribution in [2.24, 2.45) is 0 Å². The number of rotatable bonds is 3. The highest BCUT2D eigenvalue weighted by molar-refractivity contribution is 5.16. The van der Waals surface area contributed by atoms with E-state index in [9.17, 15) is 0 Å². The van der Waals surface area contributed by atoms with Crippen LogP contribution in [0.25, 0.3) is 0 Å². The highest BCUT2D eigenvalue weighted by atomic mass is 16.5. The molecule has 21 heavy (non-hydrogen) atoms. The predicted octanol–water partition coefficient (Wildman–Crippen LogP) is 2.46. The van der Waals surface area contributed by atoms with Gasteiger partial charge < -0.3 is 10.1 Å². The third kappa shape index (κ3) is 4.29. The lowest BCUT2D eigenvalue weighted by Gasteiger charge is -2.37. The van der Waals surface area contributed by atoms with Crippen molar-refractivity contribution in [3.05, 3.63) is 35.9 Å². The minimum Gasteiger partial charge on any atom is -0.378 e.